The Morgan fingerprint density at radius 3 is 2.67 bits per heavy atom. The largest absolute Gasteiger partial charge is 0.464 e. The lowest BCUT2D eigenvalue weighted by atomic mass is 10.0. The molecule has 0 aliphatic carbocycles. The van der Waals surface area contributed by atoms with E-state index in [2.05, 4.69) is 15.2 Å². The van der Waals surface area contributed by atoms with Crippen molar-refractivity contribution in [3.63, 3.8) is 0 Å². The zero-order valence-corrected chi connectivity index (χ0v) is 17.1. The first-order valence-electron chi connectivity index (χ1n) is 8.05. The molecule has 1 aromatic carbocycles. The summed E-state index contributed by atoms with van der Waals surface area (Å²) in [7, 11) is 1.30. The molecule has 3 rings (SSSR count). The molecule has 0 radical (unpaired) electrons. The van der Waals surface area contributed by atoms with Gasteiger partial charge in [0.05, 0.1) is 23.2 Å². The quantitative estimate of drug-likeness (QED) is 0.456. The highest BCUT2D eigenvalue weighted by molar-refractivity contribution is 7.71. The number of hydrogen-bond donors (Lipinski definition) is 1. The van der Waals surface area contributed by atoms with E-state index in [1.54, 1.807) is 23.6 Å². The highest BCUT2D eigenvalue weighted by atomic mass is 35.5. The van der Waals surface area contributed by atoms with Crippen molar-refractivity contribution in [3.05, 3.63) is 50.2 Å². The van der Waals surface area contributed by atoms with Gasteiger partial charge in [0.2, 0.25) is 5.89 Å². The van der Waals surface area contributed by atoms with Crippen LogP contribution in [0.15, 0.2) is 22.6 Å². The van der Waals surface area contributed by atoms with Crippen LogP contribution in [0, 0.1) is 11.7 Å². The number of carbonyl (C=O) groups is 1. The summed E-state index contributed by atoms with van der Waals surface area (Å²) in [6.07, 6.45) is 0.635. The van der Waals surface area contributed by atoms with Gasteiger partial charge < -0.3 is 18.7 Å². The first-order valence-corrected chi connectivity index (χ1v) is 9.22. The summed E-state index contributed by atoms with van der Waals surface area (Å²) in [4.78, 5) is 15.6. The van der Waals surface area contributed by atoms with Gasteiger partial charge in [0.1, 0.15) is 5.69 Å². The van der Waals surface area contributed by atoms with Crippen molar-refractivity contribution in [1.82, 2.24) is 19.7 Å². The molecule has 0 spiro atoms. The molecule has 27 heavy (non-hydrogen) atoms. The molecule has 2 aromatic heterocycles. The van der Waals surface area contributed by atoms with Gasteiger partial charge in [0.25, 0.3) is 5.89 Å². The number of aryl methyl sites for hydroxylation is 1. The highest BCUT2D eigenvalue weighted by Crippen LogP contribution is 2.33. The van der Waals surface area contributed by atoms with E-state index >= 15 is 0 Å². The van der Waals surface area contributed by atoms with Crippen molar-refractivity contribution in [1.29, 1.82) is 0 Å². The molecule has 0 saturated carbocycles. The maximum atomic E-state index is 12.6. The summed E-state index contributed by atoms with van der Waals surface area (Å²) < 4.78 is 12.4. The number of methoxy groups -OCH3 is 1. The van der Waals surface area contributed by atoms with E-state index in [1.165, 1.54) is 7.11 Å². The summed E-state index contributed by atoms with van der Waals surface area (Å²) in [5, 5.41) is 8.65. The van der Waals surface area contributed by atoms with E-state index in [1.807, 2.05) is 13.0 Å². The summed E-state index contributed by atoms with van der Waals surface area (Å²) in [5.41, 5.74) is 1.36. The van der Waals surface area contributed by atoms with Crippen LogP contribution in [0.3, 0.4) is 0 Å². The van der Waals surface area contributed by atoms with E-state index in [0.29, 0.717) is 32.8 Å². The fraction of sp³-hybridized carbons (Fsp3) is 0.294. The third-order valence-corrected chi connectivity index (χ3v) is 5.11. The molecular weight excluding hydrogens is 411 g/mol. The first kappa shape index (κ1) is 19.6. The molecule has 1 atom stereocenters. The molecule has 3 aromatic rings. The first-order chi connectivity index (χ1) is 12.9. The Bertz CT molecular complexity index is 1060. The van der Waals surface area contributed by atoms with E-state index in [0.717, 1.165) is 5.56 Å². The number of nitrogens with one attached hydrogen (secondary N) is 1. The van der Waals surface area contributed by atoms with Crippen LogP contribution in [0.1, 0.15) is 41.3 Å². The summed E-state index contributed by atoms with van der Waals surface area (Å²) in [6.45, 7) is 3.63. The van der Waals surface area contributed by atoms with E-state index in [-0.39, 0.29) is 17.6 Å². The Balaban J connectivity index is 2.24. The van der Waals surface area contributed by atoms with Crippen LogP contribution in [0.5, 0.6) is 0 Å². The van der Waals surface area contributed by atoms with Gasteiger partial charge in [0.15, 0.2) is 10.5 Å². The second-order valence-electron chi connectivity index (χ2n) is 5.74. The van der Waals surface area contributed by atoms with Gasteiger partial charge in [-0.2, -0.15) is 0 Å². The topological polar surface area (TPSA) is 85.9 Å². The Kier molecular flexibility index (Phi) is 5.69. The number of ether oxygens (including phenoxy) is 1. The third-order valence-electron chi connectivity index (χ3n) is 4.07. The average Bonchev–Trinajstić information content (AvgIpc) is 3.22. The Morgan fingerprint density at radius 1 is 1.37 bits per heavy atom. The van der Waals surface area contributed by atoms with Crippen molar-refractivity contribution in [2.24, 2.45) is 0 Å². The number of esters is 1. The van der Waals surface area contributed by atoms with Crippen LogP contribution in [0.25, 0.3) is 11.6 Å². The number of rotatable bonds is 5. The molecule has 1 N–H and O–H groups in total. The monoisotopic (exact) mass is 426 g/mol. The van der Waals surface area contributed by atoms with Crippen LogP contribution in [0.2, 0.25) is 10.0 Å². The minimum atomic E-state index is -0.577. The van der Waals surface area contributed by atoms with E-state index < -0.39 is 5.97 Å². The van der Waals surface area contributed by atoms with Gasteiger partial charge in [-0.15, -0.1) is 10.2 Å². The SMILES string of the molecule is CC[C@@H](c1ccc(Cl)c(Cl)c1)n1c(C(=O)OC)c(-c2nnc(C)o2)[nH]c1=S. The second kappa shape index (κ2) is 7.84. The number of aromatic amines is 1. The number of halogens is 2. The van der Waals surface area contributed by atoms with Crippen LogP contribution < -0.4 is 0 Å². The number of nitrogens with zero attached hydrogens (tertiary/aromatic N) is 3. The lowest BCUT2D eigenvalue weighted by Gasteiger charge is -2.20. The molecule has 0 bridgehead atoms. The molecule has 142 valence electrons. The zero-order valence-electron chi connectivity index (χ0n) is 14.7. The normalized spacial score (nSPS) is 12.2. The van der Waals surface area contributed by atoms with Gasteiger partial charge in [-0.05, 0) is 36.3 Å². The molecular formula is C17H16Cl2N4O3S. The number of imidazole rings is 1. The summed E-state index contributed by atoms with van der Waals surface area (Å²) >= 11 is 17.7. The lowest BCUT2D eigenvalue weighted by molar-refractivity contribution is 0.0587. The van der Waals surface area contributed by atoms with Crippen LogP contribution in [0.4, 0.5) is 0 Å². The third kappa shape index (κ3) is 3.65. The van der Waals surface area contributed by atoms with Crippen molar-refractivity contribution in [2.45, 2.75) is 26.3 Å². The maximum Gasteiger partial charge on any atom is 0.357 e. The molecule has 7 nitrogen and oxygen atoms in total. The Hall–Kier alpha value is -2.16. The van der Waals surface area contributed by atoms with Crippen LogP contribution >= 0.6 is 35.4 Å². The maximum absolute atomic E-state index is 12.6. The minimum Gasteiger partial charge on any atom is -0.464 e. The standard InChI is InChI=1S/C17H16Cl2N4O3S/c1-4-12(9-5-6-10(18)11(19)7-9)23-14(16(24)25-3)13(20-17(23)27)15-22-21-8(2)26-15/h5-7,12H,4H2,1-3H3,(H,20,27)/t12-/m0/s1. The number of aromatic nitrogens is 4. The minimum absolute atomic E-state index is 0.154. The molecule has 10 heteroatoms. The van der Waals surface area contributed by atoms with Gasteiger partial charge in [0, 0.05) is 6.92 Å². The predicted molar refractivity (Wildman–Crippen MR) is 104 cm³/mol. The molecule has 0 saturated heterocycles. The Labute approximate surface area is 170 Å². The Morgan fingerprint density at radius 2 is 2.11 bits per heavy atom. The fourth-order valence-electron chi connectivity index (χ4n) is 2.88. The molecule has 0 aliphatic heterocycles. The van der Waals surface area contributed by atoms with Gasteiger partial charge in [-0.25, -0.2) is 4.79 Å². The molecule has 0 amide bonds. The van der Waals surface area contributed by atoms with Gasteiger partial charge in [-0.1, -0.05) is 36.2 Å². The van der Waals surface area contributed by atoms with Crippen LogP contribution in [-0.4, -0.2) is 32.8 Å². The van der Waals surface area contributed by atoms with Gasteiger partial charge >= 0.3 is 5.97 Å². The molecule has 0 unspecified atom stereocenters. The highest BCUT2D eigenvalue weighted by Gasteiger charge is 2.29. The smallest absolute Gasteiger partial charge is 0.357 e. The molecule has 0 fully saturated rings. The average molecular weight is 427 g/mol. The van der Waals surface area contributed by atoms with Gasteiger partial charge in [-0.3, -0.25) is 0 Å². The summed E-state index contributed by atoms with van der Waals surface area (Å²) in [5.74, 6) is -0.0575. The number of H-pyrrole nitrogens is 1. The molecule has 0 aliphatic rings. The predicted octanol–water partition coefficient (Wildman–Crippen LogP) is 5.00. The van der Waals surface area contributed by atoms with Crippen molar-refractivity contribution in [3.8, 4) is 11.6 Å². The van der Waals surface area contributed by atoms with Crippen molar-refractivity contribution >= 4 is 41.4 Å². The number of benzene rings is 1. The molecule has 2 heterocycles. The number of hydrogen-bond acceptors (Lipinski definition) is 6. The van der Waals surface area contributed by atoms with Crippen molar-refractivity contribution < 1.29 is 13.9 Å². The fourth-order valence-corrected chi connectivity index (χ4v) is 3.51. The lowest BCUT2D eigenvalue weighted by Crippen LogP contribution is -2.18. The summed E-state index contributed by atoms with van der Waals surface area (Å²) in [6, 6.07) is 5.02. The number of carbonyl (C=O) groups excluding carboxylic acids is 1. The van der Waals surface area contributed by atoms with Crippen LogP contribution in [-0.2, 0) is 4.74 Å². The van der Waals surface area contributed by atoms with Crippen molar-refractivity contribution in [2.75, 3.05) is 7.11 Å². The van der Waals surface area contributed by atoms with E-state index in [4.69, 9.17) is 44.6 Å². The van der Waals surface area contributed by atoms with E-state index in [9.17, 15) is 4.79 Å². The second-order valence-corrected chi connectivity index (χ2v) is 6.94. The zero-order chi connectivity index (χ0) is 19.7.